The van der Waals surface area contributed by atoms with Crippen LogP contribution >= 0.6 is 23.2 Å². The summed E-state index contributed by atoms with van der Waals surface area (Å²) in [6, 6.07) is 25.5. The molecule has 2 aliphatic heterocycles. The molecular weight excluding hydrogens is 589 g/mol. The molecule has 0 bridgehead atoms. The van der Waals surface area contributed by atoms with Crippen molar-refractivity contribution < 1.29 is 9.53 Å². The summed E-state index contributed by atoms with van der Waals surface area (Å²) in [7, 11) is 3.86. The van der Waals surface area contributed by atoms with Crippen molar-refractivity contribution in [2.75, 3.05) is 20.7 Å². The number of nitrogens with one attached hydrogen (secondary N) is 1. The summed E-state index contributed by atoms with van der Waals surface area (Å²) in [5.74, 6) is 1.31. The molecule has 0 radical (unpaired) electrons. The third kappa shape index (κ3) is 5.40. The summed E-state index contributed by atoms with van der Waals surface area (Å²) in [6.07, 6.45) is 6.94. The summed E-state index contributed by atoms with van der Waals surface area (Å²) in [5, 5.41) is 4.46. The average molecular weight is 627 g/mol. The van der Waals surface area contributed by atoms with Crippen LogP contribution in [-0.2, 0) is 11.2 Å². The Morgan fingerprint density at radius 2 is 1.61 bits per heavy atom. The molecule has 1 amide bonds. The number of amides is 1. The van der Waals surface area contributed by atoms with Crippen molar-refractivity contribution in [2.24, 2.45) is 5.92 Å². The Labute approximate surface area is 269 Å². The van der Waals surface area contributed by atoms with E-state index in [2.05, 4.69) is 53.7 Å². The van der Waals surface area contributed by atoms with Gasteiger partial charge in [-0.2, -0.15) is 0 Å². The maximum absolute atomic E-state index is 11.7. The van der Waals surface area contributed by atoms with Gasteiger partial charge in [0.15, 0.2) is 0 Å². The van der Waals surface area contributed by atoms with E-state index in [1.165, 1.54) is 18.4 Å². The van der Waals surface area contributed by atoms with Gasteiger partial charge in [0, 0.05) is 45.8 Å². The van der Waals surface area contributed by atoms with Crippen LogP contribution in [0.3, 0.4) is 0 Å². The molecule has 3 aliphatic rings. The number of ether oxygens (including phenoxy) is 1. The third-order valence-corrected chi connectivity index (χ3v) is 10.7. The Hall–Kier alpha value is -3.38. The lowest BCUT2D eigenvalue weighted by molar-refractivity contribution is -0.120. The van der Waals surface area contributed by atoms with E-state index in [1.807, 2.05) is 36.4 Å². The molecule has 3 fully saturated rings. The predicted molar refractivity (Wildman–Crippen MR) is 178 cm³/mol. The smallest absolute Gasteiger partial charge is 0.220 e. The van der Waals surface area contributed by atoms with Gasteiger partial charge in [0.05, 0.1) is 22.8 Å². The lowest BCUT2D eigenvalue weighted by atomic mass is 9.65. The molecule has 2 saturated heterocycles. The third-order valence-electron chi connectivity index (χ3n) is 9.93. The Morgan fingerprint density at radius 3 is 2.25 bits per heavy atom. The number of nitrogens with zero attached hydrogens (tertiary/aromatic N) is 2. The molecule has 1 atom stereocenters. The molecule has 44 heavy (non-hydrogen) atoms. The first-order valence-corrected chi connectivity index (χ1v) is 16.3. The fourth-order valence-corrected chi connectivity index (χ4v) is 8.31. The van der Waals surface area contributed by atoms with Gasteiger partial charge in [-0.1, -0.05) is 89.9 Å². The van der Waals surface area contributed by atoms with Crippen LogP contribution < -0.4 is 10.1 Å². The monoisotopic (exact) mass is 625 g/mol. The Morgan fingerprint density at radius 1 is 0.932 bits per heavy atom. The molecule has 1 saturated carbocycles. The van der Waals surface area contributed by atoms with Crippen LogP contribution in [0.1, 0.15) is 55.7 Å². The van der Waals surface area contributed by atoms with Crippen LogP contribution in [-0.4, -0.2) is 42.0 Å². The van der Waals surface area contributed by atoms with Crippen molar-refractivity contribution in [1.82, 2.24) is 15.2 Å². The lowest BCUT2D eigenvalue weighted by Crippen LogP contribution is -2.52. The van der Waals surface area contributed by atoms with Crippen molar-refractivity contribution in [3.8, 4) is 39.4 Å². The number of likely N-dealkylation sites (tertiary alicyclic amines) is 1. The minimum Gasteiger partial charge on any atom is -0.481 e. The van der Waals surface area contributed by atoms with Gasteiger partial charge in [0.25, 0.3) is 0 Å². The maximum Gasteiger partial charge on any atom is 0.220 e. The zero-order valence-electron chi connectivity index (χ0n) is 25.2. The highest BCUT2D eigenvalue weighted by atomic mass is 35.5. The number of methoxy groups -OCH3 is 1. The zero-order valence-corrected chi connectivity index (χ0v) is 26.7. The van der Waals surface area contributed by atoms with E-state index in [0.29, 0.717) is 34.3 Å². The fraction of sp³-hybridized carbons (Fsp3) is 0.351. The number of carbonyl (C=O) groups is 1. The predicted octanol–water partition coefficient (Wildman–Crippen LogP) is 8.77. The second kappa shape index (κ2) is 11.8. The minimum atomic E-state index is 0.0187. The van der Waals surface area contributed by atoms with Crippen molar-refractivity contribution in [2.45, 2.75) is 56.5 Å². The normalized spacial score (nSPS) is 23.1. The van der Waals surface area contributed by atoms with E-state index in [4.69, 9.17) is 32.9 Å². The van der Waals surface area contributed by atoms with E-state index in [-0.39, 0.29) is 11.4 Å². The lowest BCUT2D eigenvalue weighted by Gasteiger charge is -2.45. The fourth-order valence-electron chi connectivity index (χ4n) is 7.65. The number of carbonyl (C=O) groups excluding carboxylic acids is 1. The first-order chi connectivity index (χ1) is 21.3. The van der Waals surface area contributed by atoms with Crippen molar-refractivity contribution >= 4 is 29.1 Å². The van der Waals surface area contributed by atoms with Gasteiger partial charge in [-0.3, -0.25) is 9.69 Å². The topological polar surface area (TPSA) is 54.5 Å². The Balaban J connectivity index is 1.14. The summed E-state index contributed by atoms with van der Waals surface area (Å²) >= 11 is 14.2. The van der Waals surface area contributed by atoms with Gasteiger partial charge >= 0.3 is 0 Å². The maximum atomic E-state index is 11.7. The van der Waals surface area contributed by atoms with Gasteiger partial charge in [-0.15, -0.1) is 0 Å². The number of benzene rings is 3. The molecule has 1 unspecified atom stereocenters. The molecule has 7 rings (SSSR count). The second-order valence-electron chi connectivity index (χ2n) is 12.8. The van der Waals surface area contributed by atoms with E-state index in [9.17, 15) is 4.79 Å². The summed E-state index contributed by atoms with van der Waals surface area (Å²) in [6.45, 7) is 1.15. The van der Waals surface area contributed by atoms with E-state index >= 15 is 0 Å². The number of hydrogen-bond donors (Lipinski definition) is 1. The molecule has 3 heterocycles. The molecule has 4 aromatic rings. The second-order valence-corrected chi connectivity index (χ2v) is 13.5. The van der Waals surface area contributed by atoms with Crippen LogP contribution in [0.4, 0.5) is 0 Å². The van der Waals surface area contributed by atoms with Gasteiger partial charge in [0.2, 0.25) is 11.8 Å². The van der Waals surface area contributed by atoms with Gasteiger partial charge in [-0.05, 0) is 75.2 Å². The average Bonchev–Trinajstić information content (AvgIpc) is 3.63. The molecule has 1 aromatic heterocycles. The molecule has 7 heteroatoms. The summed E-state index contributed by atoms with van der Waals surface area (Å²) < 4.78 is 5.75. The van der Waals surface area contributed by atoms with Crippen LogP contribution in [0, 0.1) is 5.92 Å². The van der Waals surface area contributed by atoms with Crippen LogP contribution in [0.25, 0.3) is 33.5 Å². The van der Waals surface area contributed by atoms with Crippen LogP contribution in [0.5, 0.6) is 5.88 Å². The number of halogens is 2. The molecule has 5 nitrogen and oxygen atoms in total. The van der Waals surface area contributed by atoms with E-state index < -0.39 is 0 Å². The Kier molecular flexibility index (Phi) is 7.90. The highest BCUT2D eigenvalue weighted by molar-refractivity contribution is 6.39. The van der Waals surface area contributed by atoms with E-state index in [0.717, 1.165) is 71.3 Å². The van der Waals surface area contributed by atoms with Gasteiger partial charge in [-0.25, -0.2) is 4.98 Å². The van der Waals surface area contributed by atoms with Gasteiger partial charge in [0.1, 0.15) is 0 Å². The zero-order chi connectivity index (χ0) is 30.4. The van der Waals surface area contributed by atoms with Gasteiger partial charge < -0.3 is 10.1 Å². The van der Waals surface area contributed by atoms with Crippen molar-refractivity contribution in [1.29, 1.82) is 0 Å². The quantitative estimate of drug-likeness (QED) is 0.223. The molecule has 1 aliphatic carbocycles. The summed E-state index contributed by atoms with van der Waals surface area (Å²) in [5.41, 5.74) is 7.85. The minimum absolute atomic E-state index is 0.0187. The van der Waals surface area contributed by atoms with E-state index in [1.54, 1.807) is 7.11 Å². The number of hydrogen-bond acceptors (Lipinski definition) is 4. The molecule has 1 spiro atoms. The summed E-state index contributed by atoms with van der Waals surface area (Å²) in [4.78, 5) is 19.1. The first-order valence-electron chi connectivity index (χ1n) is 15.6. The largest absolute Gasteiger partial charge is 0.481 e. The van der Waals surface area contributed by atoms with Crippen LogP contribution in [0.2, 0.25) is 10.0 Å². The molecular formula is C37H37Cl2N3O2. The highest BCUT2D eigenvalue weighted by Gasteiger charge is 2.48. The first kappa shape index (κ1) is 29.3. The molecule has 1 N–H and O–H groups in total. The molecule has 3 aromatic carbocycles. The standard InChI is InChI=1S/C37H37Cl2N3O2/c1-42-19-5-10-32(42)25-13-11-24(12-14-25)27-6-3-7-28(34(27)38)29-8-4-9-30(35(29)39)31-16-15-26(36(40-31)44-2)20-23-21-37(22-23)18-17-33(43)41-37/h3-4,6-9,11-16,23,32H,5,10,17-22H2,1-2H3,(H,41,43). The van der Waals surface area contributed by atoms with Crippen molar-refractivity contribution in [3.63, 3.8) is 0 Å². The molecule has 226 valence electrons. The number of aromatic nitrogens is 1. The SMILES string of the molecule is COc1nc(-c2cccc(-c3cccc(-c4ccc(C5CCCN5C)cc4)c3Cl)c2Cl)ccc1CC1CC2(CCC(=O)N2)C1. The number of rotatable bonds is 7. The highest BCUT2D eigenvalue weighted by Crippen LogP contribution is 2.47. The van der Waals surface area contributed by atoms with Crippen LogP contribution in [0.15, 0.2) is 72.8 Å². The Bertz CT molecular complexity index is 1710. The number of pyridine rings is 1. The van der Waals surface area contributed by atoms with Crippen molar-refractivity contribution in [3.05, 3.63) is 94.0 Å².